The standard InChI is InChI=1S/C10H22N4O3S/c1-3-6-12-18(16,17)14-7-4-10(2,5-8-14)9(11)13-15/h12,15H,3-8H2,1-2H3,(H2,11,13). The first kappa shape index (κ1) is 15.2. The lowest BCUT2D eigenvalue weighted by atomic mass is 9.80. The average Bonchev–Trinajstić information content (AvgIpc) is 2.36. The number of amidine groups is 1. The summed E-state index contributed by atoms with van der Waals surface area (Å²) in [5.74, 6) is 0.168. The molecule has 1 saturated heterocycles. The third-order valence-corrected chi connectivity index (χ3v) is 5.04. The Balaban J connectivity index is 2.64. The zero-order valence-corrected chi connectivity index (χ0v) is 11.7. The van der Waals surface area contributed by atoms with Crippen LogP contribution in [-0.2, 0) is 10.2 Å². The van der Waals surface area contributed by atoms with E-state index in [1.807, 2.05) is 13.8 Å². The number of hydrogen-bond acceptors (Lipinski definition) is 4. The van der Waals surface area contributed by atoms with Crippen LogP contribution < -0.4 is 10.5 Å². The molecule has 1 aliphatic rings. The molecule has 1 fully saturated rings. The van der Waals surface area contributed by atoms with Gasteiger partial charge in [-0.3, -0.25) is 0 Å². The Morgan fingerprint density at radius 1 is 1.50 bits per heavy atom. The molecule has 18 heavy (non-hydrogen) atoms. The van der Waals surface area contributed by atoms with Crippen molar-refractivity contribution in [2.45, 2.75) is 33.1 Å². The smallest absolute Gasteiger partial charge is 0.279 e. The summed E-state index contributed by atoms with van der Waals surface area (Å²) in [6.45, 7) is 4.99. The van der Waals surface area contributed by atoms with Gasteiger partial charge in [0.15, 0.2) is 0 Å². The number of piperidine rings is 1. The van der Waals surface area contributed by atoms with E-state index in [1.165, 1.54) is 4.31 Å². The van der Waals surface area contributed by atoms with Crippen LogP contribution in [0.4, 0.5) is 0 Å². The molecule has 0 spiro atoms. The van der Waals surface area contributed by atoms with Gasteiger partial charge in [-0.15, -0.1) is 0 Å². The van der Waals surface area contributed by atoms with Crippen LogP contribution in [0.25, 0.3) is 0 Å². The van der Waals surface area contributed by atoms with Crippen LogP contribution in [-0.4, -0.2) is 43.4 Å². The first-order chi connectivity index (χ1) is 8.35. The Bertz CT molecular complexity index is 399. The van der Waals surface area contributed by atoms with Crippen molar-refractivity contribution in [3.8, 4) is 0 Å². The fourth-order valence-electron chi connectivity index (χ4n) is 1.92. The molecule has 0 unspecified atom stereocenters. The van der Waals surface area contributed by atoms with Crippen molar-refractivity contribution < 1.29 is 13.6 Å². The molecule has 0 saturated carbocycles. The summed E-state index contributed by atoms with van der Waals surface area (Å²) in [6.07, 6.45) is 1.86. The van der Waals surface area contributed by atoms with Crippen molar-refractivity contribution >= 4 is 16.0 Å². The molecule has 106 valence electrons. The Morgan fingerprint density at radius 3 is 2.50 bits per heavy atom. The molecule has 4 N–H and O–H groups in total. The highest BCUT2D eigenvalue weighted by atomic mass is 32.2. The van der Waals surface area contributed by atoms with E-state index in [0.29, 0.717) is 32.5 Å². The molecular weight excluding hydrogens is 256 g/mol. The maximum atomic E-state index is 11.9. The lowest BCUT2D eigenvalue weighted by Gasteiger charge is -2.37. The molecule has 0 bridgehead atoms. The molecule has 0 radical (unpaired) electrons. The lowest BCUT2D eigenvalue weighted by Crippen LogP contribution is -2.50. The highest BCUT2D eigenvalue weighted by molar-refractivity contribution is 7.87. The van der Waals surface area contributed by atoms with E-state index in [1.54, 1.807) is 0 Å². The predicted molar refractivity (Wildman–Crippen MR) is 69.5 cm³/mol. The van der Waals surface area contributed by atoms with E-state index >= 15 is 0 Å². The Kier molecular flexibility index (Phi) is 4.94. The Hall–Kier alpha value is -0.860. The molecular formula is C10H22N4O3S. The van der Waals surface area contributed by atoms with E-state index < -0.39 is 15.6 Å². The summed E-state index contributed by atoms with van der Waals surface area (Å²) in [7, 11) is -3.39. The molecule has 7 nitrogen and oxygen atoms in total. The van der Waals surface area contributed by atoms with Gasteiger partial charge in [-0.1, -0.05) is 19.0 Å². The van der Waals surface area contributed by atoms with Gasteiger partial charge in [-0.05, 0) is 19.3 Å². The third kappa shape index (κ3) is 3.33. The fourth-order valence-corrected chi connectivity index (χ4v) is 3.23. The van der Waals surface area contributed by atoms with E-state index in [4.69, 9.17) is 10.9 Å². The van der Waals surface area contributed by atoms with Gasteiger partial charge in [0.25, 0.3) is 10.2 Å². The topological polar surface area (TPSA) is 108 Å². The van der Waals surface area contributed by atoms with Gasteiger partial charge in [-0.25, -0.2) is 4.72 Å². The Labute approximate surface area is 108 Å². The third-order valence-electron chi connectivity index (χ3n) is 3.43. The Morgan fingerprint density at radius 2 is 2.06 bits per heavy atom. The normalized spacial score (nSPS) is 22.0. The predicted octanol–water partition coefficient (Wildman–Crippen LogP) is 0.0793. The maximum Gasteiger partial charge on any atom is 0.279 e. The van der Waals surface area contributed by atoms with Crippen molar-refractivity contribution in [3.63, 3.8) is 0 Å². The van der Waals surface area contributed by atoms with Crippen molar-refractivity contribution in [1.82, 2.24) is 9.03 Å². The van der Waals surface area contributed by atoms with E-state index in [0.717, 1.165) is 6.42 Å². The largest absolute Gasteiger partial charge is 0.409 e. The quantitative estimate of drug-likeness (QED) is 0.286. The van der Waals surface area contributed by atoms with Crippen LogP contribution in [0.1, 0.15) is 33.1 Å². The number of nitrogens with two attached hydrogens (primary N) is 1. The van der Waals surface area contributed by atoms with Gasteiger partial charge >= 0.3 is 0 Å². The van der Waals surface area contributed by atoms with Crippen LogP contribution in [0.5, 0.6) is 0 Å². The van der Waals surface area contributed by atoms with Crippen LogP contribution >= 0.6 is 0 Å². The van der Waals surface area contributed by atoms with E-state index in [2.05, 4.69) is 9.88 Å². The van der Waals surface area contributed by atoms with Crippen LogP contribution in [0.3, 0.4) is 0 Å². The van der Waals surface area contributed by atoms with Gasteiger partial charge < -0.3 is 10.9 Å². The average molecular weight is 278 g/mol. The molecule has 1 aliphatic heterocycles. The molecule has 1 heterocycles. The summed E-state index contributed by atoms with van der Waals surface area (Å²) in [4.78, 5) is 0. The second-order valence-corrected chi connectivity index (χ2v) is 6.60. The minimum Gasteiger partial charge on any atom is -0.409 e. The molecule has 8 heteroatoms. The second-order valence-electron chi connectivity index (χ2n) is 4.84. The first-order valence-corrected chi connectivity index (χ1v) is 7.52. The number of hydrogen-bond donors (Lipinski definition) is 3. The highest BCUT2D eigenvalue weighted by Gasteiger charge is 2.37. The van der Waals surface area contributed by atoms with Gasteiger partial charge in [0, 0.05) is 25.0 Å². The van der Waals surface area contributed by atoms with Crippen LogP contribution in [0, 0.1) is 5.41 Å². The number of nitrogens with one attached hydrogen (secondary N) is 1. The highest BCUT2D eigenvalue weighted by Crippen LogP contribution is 2.31. The molecule has 0 amide bonds. The molecule has 0 atom stereocenters. The van der Waals surface area contributed by atoms with Crippen molar-refractivity contribution in [2.24, 2.45) is 16.3 Å². The van der Waals surface area contributed by atoms with Crippen molar-refractivity contribution in [3.05, 3.63) is 0 Å². The first-order valence-electron chi connectivity index (χ1n) is 6.08. The van der Waals surface area contributed by atoms with Gasteiger partial charge in [0.2, 0.25) is 0 Å². The monoisotopic (exact) mass is 278 g/mol. The van der Waals surface area contributed by atoms with Gasteiger partial charge in [-0.2, -0.15) is 12.7 Å². The summed E-state index contributed by atoms with van der Waals surface area (Å²) < 4.78 is 27.7. The molecule has 0 aliphatic carbocycles. The minimum absolute atomic E-state index is 0.168. The molecule has 0 aromatic carbocycles. The zero-order chi connectivity index (χ0) is 13.8. The van der Waals surface area contributed by atoms with Crippen LogP contribution in [0.2, 0.25) is 0 Å². The lowest BCUT2D eigenvalue weighted by molar-refractivity contribution is 0.228. The maximum absolute atomic E-state index is 11.9. The minimum atomic E-state index is -3.39. The molecule has 1 rings (SSSR count). The molecule has 0 aromatic heterocycles. The SMILES string of the molecule is CCCNS(=O)(=O)N1CCC(C)(C(N)=NO)CC1. The van der Waals surface area contributed by atoms with E-state index in [9.17, 15) is 8.42 Å². The van der Waals surface area contributed by atoms with Crippen molar-refractivity contribution in [1.29, 1.82) is 0 Å². The summed E-state index contributed by atoms with van der Waals surface area (Å²) in [6, 6.07) is 0. The van der Waals surface area contributed by atoms with Gasteiger partial charge in [0.05, 0.1) is 0 Å². The summed E-state index contributed by atoms with van der Waals surface area (Å²) in [5.41, 5.74) is 5.21. The summed E-state index contributed by atoms with van der Waals surface area (Å²) >= 11 is 0. The number of rotatable bonds is 5. The summed E-state index contributed by atoms with van der Waals surface area (Å²) in [5, 5.41) is 11.7. The van der Waals surface area contributed by atoms with Crippen molar-refractivity contribution in [2.75, 3.05) is 19.6 Å². The fraction of sp³-hybridized carbons (Fsp3) is 0.900. The van der Waals surface area contributed by atoms with E-state index in [-0.39, 0.29) is 5.84 Å². The second kappa shape index (κ2) is 5.85. The molecule has 0 aromatic rings. The zero-order valence-electron chi connectivity index (χ0n) is 10.9. The number of oxime groups is 1. The number of nitrogens with zero attached hydrogens (tertiary/aromatic N) is 2. The van der Waals surface area contributed by atoms with Crippen LogP contribution in [0.15, 0.2) is 5.16 Å². The van der Waals surface area contributed by atoms with Gasteiger partial charge in [0.1, 0.15) is 5.84 Å².